The molecule has 1 aromatic rings. The van der Waals surface area contributed by atoms with Gasteiger partial charge in [-0.15, -0.1) is 0 Å². The Bertz CT molecular complexity index is 405. The molecule has 0 aromatic heterocycles. The number of carbonyl (C=O) groups excluding carboxylic acids is 1. The fourth-order valence-corrected chi connectivity index (χ4v) is 1.64. The second-order valence-corrected chi connectivity index (χ2v) is 4.50. The Balaban J connectivity index is 2.84. The maximum Gasteiger partial charge on any atom is 0.338 e. The molecule has 0 aliphatic heterocycles. The fourth-order valence-electron chi connectivity index (χ4n) is 1.39. The number of rotatable bonds is 4. The lowest BCUT2D eigenvalue weighted by Crippen LogP contribution is -2.29. The van der Waals surface area contributed by atoms with Crippen LogP contribution >= 0.6 is 15.9 Å². The van der Waals surface area contributed by atoms with E-state index >= 15 is 0 Å². The van der Waals surface area contributed by atoms with Crippen molar-refractivity contribution in [2.75, 3.05) is 6.61 Å². The lowest BCUT2D eigenvalue weighted by Gasteiger charge is -2.17. The number of aliphatic hydroxyl groups is 2. The molecule has 0 aliphatic carbocycles. The van der Waals surface area contributed by atoms with E-state index < -0.39 is 18.2 Å². The van der Waals surface area contributed by atoms with Crippen LogP contribution in [0.1, 0.15) is 24.2 Å². The standard InChI is InChI=1S/C12H15BrO4/c1-3-17-12(16)11(15)10(14)8-4-5-9(13)7(2)6-8/h4-6,10-11,14-15H,3H2,1-2H3. The summed E-state index contributed by atoms with van der Waals surface area (Å²) < 4.78 is 5.54. The molecule has 1 rings (SSSR count). The Morgan fingerprint density at radius 3 is 2.65 bits per heavy atom. The number of esters is 1. The van der Waals surface area contributed by atoms with Crippen LogP contribution < -0.4 is 0 Å². The molecule has 0 saturated heterocycles. The summed E-state index contributed by atoms with van der Waals surface area (Å²) in [5.74, 6) is -0.819. The lowest BCUT2D eigenvalue weighted by molar-refractivity contribution is -0.159. The lowest BCUT2D eigenvalue weighted by atomic mass is 10.0. The Morgan fingerprint density at radius 2 is 2.12 bits per heavy atom. The topological polar surface area (TPSA) is 66.8 Å². The van der Waals surface area contributed by atoms with E-state index in [9.17, 15) is 15.0 Å². The van der Waals surface area contributed by atoms with Crippen molar-refractivity contribution in [3.8, 4) is 0 Å². The molecule has 0 bridgehead atoms. The number of halogens is 1. The van der Waals surface area contributed by atoms with Crippen LogP contribution in [-0.4, -0.2) is 28.9 Å². The van der Waals surface area contributed by atoms with E-state index in [4.69, 9.17) is 0 Å². The molecule has 2 unspecified atom stereocenters. The summed E-state index contributed by atoms with van der Waals surface area (Å²) in [7, 11) is 0. The van der Waals surface area contributed by atoms with Crippen molar-refractivity contribution >= 4 is 21.9 Å². The summed E-state index contributed by atoms with van der Waals surface area (Å²) in [4.78, 5) is 11.3. The summed E-state index contributed by atoms with van der Waals surface area (Å²) in [6, 6.07) is 5.10. The van der Waals surface area contributed by atoms with Crippen LogP contribution in [0.2, 0.25) is 0 Å². The molecule has 1 aromatic carbocycles. The van der Waals surface area contributed by atoms with Crippen molar-refractivity contribution in [1.29, 1.82) is 0 Å². The average Bonchev–Trinajstić information content (AvgIpc) is 2.31. The van der Waals surface area contributed by atoms with E-state index in [1.54, 1.807) is 25.1 Å². The van der Waals surface area contributed by atoms with Gasteiger partial charge in [-0.1, -0.05) is 28.1 Å². The zero-order valence-corrected chi connectivity index (χ0v) is 11.3. The molecular weight excluding hydrogens is 288 g/mol. The first-order valence-corrected chi connectivity index (χ1v) is 6.05. The minimum Gasteiger partial charge on any atom is -0.464 e. The van der Waals surface area contributed by atoms with E-state index in [1.807, 2.05) is 6.92 Å². The number of carbonyl (C=O) groups is 1. The quantitative estimate of drug-likeness (QED) is 0.831. The van der Waals surface area contributed by atoms with Gasteiger partial charge in [0, 0.05) is 4.47 Å². The van der Waals surface area contributed by atoms with E-state index in [0.29, 0.717) is 5.56 Å². The highest BCUT2D eigenvalue weighted by atomic mass is 79.9. The van der Waals surface area contributed by atoms with Crippen LogP contribution in [0.15, 0.2) is 22.7 Å². The predicted molar refractivity (Wildman–Crippen MR) is 66.5 cm³/mol. The molecule has 4 nitrogen and oxygen atoms in total. The van der Waals surface area contributed by atoms with E-state index in [0.717, 1.165) is 10.0 Å². The van der Waals surface area contributed by atoms with Gasteiger partial charge in [0.25, 0.3) is 0 Å². The highest BCUT2D eigenvalue weighted by Gasteiger charge is 2.26. The van der Waals surface area contributed by atoms with Crippen LogP contribution in [0, 0.1) is 6.92 Å². The van der Waals surface area contributed by atoms with Crippen molar-refractivity contribution in [2.24, 2.45) is 0 Å². The molecule has 0 heterocycles. The second-order valence-electron chi connectivity index (χ2n) is 3.65. The van der Waals surface area contributed by atoms with Crippen molar-refractivity contribution in [3.63, 3.8) is 0 Å². The van der Waals surface area contributed by atoms with Gasteiger partial charge >= 0.3 is 5.97 Å². The first-order chi connectivity index (χ1) is 7.97. The largest absolute Gasteiger partial charge is 0.464 e. The van der Waals surface area contributed by atoms with Gasteiger partial charge in [0.2, 0.25) is 0 Å². The Kier molecular flexibility index (Phi) is 5.11. The number of hydrogen-bond acceptors (Lipinski definition) is 4. The van der Waals surface area contributed by atoms with Crippen molar-refractivity contribution in [3.05, 3.63) is 33.8 Å². The minimum atomic E-state index is -1.56. The summed E-state index contributed by atoms with van der Waals surface area (Å²) in [6.45, 7) is 3.67. The van der Waals surface area contributed by atoms with Crippen LogP contribution in [0.25, 0.3) is 0 Å². The highest BCUT2D eigenvalue weighted by molar-refractivity contribution is 9.10. The molecule has 17 heavy (non-hydrogen) atoms. The summed E-state index contributed by atoms with van der Waals surface area (Å²) in [5.41, 5.74) is 1.39. The van der Waals surface area contributed by atoms with Gasteiger partial charge in [-0.25, -0.2) is 4.79 Å². The van der Waals surface area contributed by atoms with Crippen LogP contribution in [-0.2, 0) is 9.53 Å². The van der Waals surface area contributed by atoms with Crippen LogP contribution in [0.5, 0.6) is 0 Å². The van der Waals surface area contributed by atoms with Crippen molar-refractivity contribution in [1.82, 2.24) is 0 Å². The number of ether oxygens (including phenoxy) is 1. The highest BCUT2D eigenvalue weighted by Crippen LogP contribution is 2.23. The maximum absolute atomic E-state index is 11.3. The smallest absolute Gasteiger partial charge is 0.338 e. The van der Waals surface area contributed by atoms with E-state index in [2.05, 4.69) is 20.7 Å². The molecule has 0 radical (unpaired) electrons. The number of aryl methyl sites for hydroxylation is 1. The van der Waals surface area contributed by atoms with Crippen LogP contribution in [0.4, 0.5) is 0 Å². The third-order valence-electron chi connectivity index (χ3n) is 2.35. The van der Waals surface area contributed by atoms with Crippen molar-refractivity contribution in [2.45, 2.75) is 26.1 Å². The zero-order valence-electron chi connectivity index (χ0n) is 9.68. The van der Waals surface area contributed by atoms with Gasteiger partial charge in [-0.3, -0.25) is 0 Å². The van der Waals surface area contributed by atoms with E-state index in [-0.39, 0.29) is 6.61 Å². The number of hydrogen-bond donors (Lipinski definition) is 2. The first kappa shape index (κ1) is 14.2. The molecule has 0 spiro atoms. The summed E-state index contributed by atoms with van der Waals surface area (Å²) >= 11 is 3.33. The van der Waals surface area contributed by atoms with Gasteiger partial charge in [0.05, 0.1) is 6.61 Å². The molecule has 94 valence electrons. The number of aliphatic hydroxyl groups excluding tert-OH is 2. The maximum atomic E-state index is 11.3. The summed E-state index contributed by atoms with van der Waals surface area (Å²) in [5, 5.41) is 19.4. The number of benzene rings is 1. The average molecular weight is 303 g/mol. The SMILES string of the molecule is CCOC(=O)C(O)C(O)c1ccc(Br)c(C)c1. The third-order valence-corrected chi connectivity index (χ3v) is 3.24. The molecule has 0 amide bonds. The zero-order chi connectivity index (χ0) is 13.0. The Labute approximate surface area is 108 Å². The normalized spacial score (nSPS) is 14.2. The third kappa shape index (κ3) is 3.52. The second kappa shape index (κ2) is 6.14. The van der Waals surface area contributed by atoms with Gasteiger partial charge in [-0.05, 0) is 31.0 Å². The molecule has 2 N–H and O–H groups in total. The minimum absolute atomic E-state index is 0.169. The Hall–Kier alpha value is -0.910. The molecule has 2 atom stereocenters. The summed E-state index contributed by atoms with van der Waals surface area (Å²) in [6.07, 6.45) is -2.84. The van der Waals surface area contributed by atoms with Crippen molar-refractivity contribution < 1.29 is 19.7 Å². The molecule has 5 heteroatoms. The Morgan fingerprint density at radius 1 is 1.47 bits per heavy atom. The fraction of sp³-hybridized carbons (Fsp3) is 0.417. The van der Waals surface area contributed by atoms with Gasteiger partial charge in [0.15, 0.2) is 6.10 Å². The molecular formula is C12H15BrO4. The predicted octanol–water partition coefficient (Wildman–Crippen LogP) is 1.71. The molecule has 0 fully saturated rings. The van der Waals surface area contributed by atoms with E-state index in [1.165, 1.54) is 0 Å². The monoisotopic (exact) mass is 302 g/mol. The molecule has 0 aliphatic rings. The first-order valence-electron chi connectivity index (χ1n) is 5.26. The van der Waals surface area contributed by atoms with Gasteiger partial charge in [0.1, 0.15) is 6.10 Å². The van der Waals surface area contributed by atoms with Crippen LogP contribution in [0.3, 0.4) is 0 Å². The molecule has 0 saturated carbocycles. The van der Waals surface area contributed by atoms with Gasteiger partial charge in [-0.2, -0.15) is 0 Å². The van der Waals surface area contributed by atoms with Gasteiger partial charge < -0.3 is 14.9 Å².